The molecule has 0 bridgehead atoms. The average molecular weight is 388 g/mol. The Bertz CT molecular complexity index is 751. The Labute approximate surface area is 166 Å². The summed E-state index contributed by atoms with van der Waals surface area (Å²) in [6.45, 7) is 6.94. The van der Waals surface area contributed by atoms with Gasteiger partial charge in [-0.15, -0.1) is 0 Å². The van der Waals surface area contributed by atoms with Crippen LogP contribution in [0.5, 0.6) is 5.88 Å². The summed E-state index contributed by atoms with van der Waals surface area (Å²) in [5, 5.41) is 6.54. The van der Waals surface area contributed by atoms with Crippen LogP contribution in [0.1, 0.15) is 23.6 Å². The first-order valence-corrected chi connectivity index (χ1v) is 9.46. The molecular weight excluding hydrogens is 359 g/mol. The number of aryl methyl sites for hydroxylation is 1. The molecule has 0 spiro atoms. The maximum atomic E-state index is 13.2. The normalized spacial score (nSPS) is 11.4. The molecule has 1 aromatic carbocycles. The Kier molecular flexibility index (Phi) is 9.21. The van der Waals surface area contributed by atoms with Gasteiger partial charge in [0.15, 0.2) is 5.96 Å². The van der Waals surface area contributed by atoms with Gasteiger partial charge in [0.25, 0.3) is 0 Å². The predicted molar refractivity (Wildman–Crippen MR) is 109 cm³/mol. The van der Waals surface area contributed by atoms with Crippen molar-refractivity contribution < 1.29 is 13.9 Å². The summed E-state index contributed by atoms with van der Waals surface area (Å²) in [7, 11) is 1.63. The Morgan fingerprint density at radius 1 is 1.18 bits per heavy atom. The van der Waals surface area contributed by atoms with E-state index in [4.69, 9.17) is 9.47 Å². The molecule has 0 aliphatic rings. The van der Waals surface area contributed by atoms with Gasteiger partial charge in [0.1, 0.15) is 12.4 Å². The zero-order valence-corrected chi connectivity index (χ0v) is 16.8. The van der Waals surface area contributed by atoms with Gasteiger partial charge in [-0.3, -0.25) is 0 Å². The van der Waals surface area contributed by atoms with Gasteiger partial charge in [-0.05, 0) is 49.1 Å². The fourth-order valence-electron chi connectivity index (χ4n) is 2.59. The molecule has 28 heavy (non-hydrogen) atoms. The van der Waals surface area contributed by atoms with Crippen molar-refractivity contribution in [1.82, 2.24) is 15.6 Å². The van der Waals surface area contributed by atoms with E-state index in [-0.39, 0.29) is 5.82 Å². The van der Waals surface area contributed by atoms with Crippen LogP contribution >= 0.6 is 0 Å². The molecule has 0 unspecified atom stereocenters. The van der Waals surface area contributed by atoms with Crippen LogP contribution in [0.3, 0.4) is 0 Å². The standard InChI is InChI=1S/C21H29FN4O2/c1-4-23-21(24-10-9-18-6-7-19(22)13-16(18)2)26-15-17-5-8-20(25-14-17)28-12-11-27-3/h5-8,13-14H,4,9-12,15H2,1-3H3,(H2,23,24,26). The minimum atomic E-state index is -0.201. The van der Waals surface area contributed by atoms with Crippen molar-refractivity contribution in [3.8, 4) is 5.88 Å². The van der Waals surface area contributed by atoms with Gasteiger partial charge in [-0.2, -0.15) is 0 Å². The highest BCUT2D eigenvalue weighted by molar-refractivity contribution is 5.79. The van der Waals surface area contributed by atoms with E-state index in [2.05, 4.69) is 20.6 Å². The van der Waals surface area contributed by atoms with Crippen LogP contribution in [0.2, 0.25) is 0 Å². The minimum Gasteiger partial charge on any atom is -0.475 e. The first-order valence-electron chi connectivity index (χ1n) is 9.46. The second-order valence-electron chi connectivity index (χ2n) is 6.29. The number of benzene rings is 1. The van der Waals surface area contributed by atoms with Crippen molar-refractivity contribution >= 4 is 5.96 Å². The first-order chi connectivity index (χ1) is 13.6. The lowest BCUT2D eigenvalue weighted by Gasteiger charge is -2.12. The van der Waals surface area contributed by atoms with Crippen LogP contribution < -0.4 is 15.4 Å². The Balaban J connectivity index is 1.85. The smallest absolute Gasteiger partial charge is 0.213 e. The lowest BCUT2D eigenvalue weighted by molar-refractivity contribution is 0.143. The minimum absolute atomic E-state index is 0.201. The number of rotatable bonds is 10. The number of hydrogen-bond acceptors (Lipinski definition) is 4. The van der Waals surface area contributed by atoms with Crippen molar-refractivity contribution in [3.05, 3.63) is 59.0 Å². The Morgan fingerprint density at radius 2 is 2.04 bits per heavy atom. The molecule has 0 aliphatic heterocycles. The maximum absolute atomic E-state index is 13.2. The molecule has 2 rings (SSSR count). The molecule has 1 aromatic heterocycles. The zero-order valence-electron chi connectivity index (χ0n) is 16.8. The van der Waals surface area contributed by atoms with Gasteiger partial charge in [0, 0.05) is 32.5 Å². The molecule has 0 amide bonds. The van der Waals surface area contributed by atoms with Crippen LogP contribution in [0.25, 0.3) is 0 Å². The second-order valence-corrected chi connectivity index (χ2v) is 6.29. The third-order valence-electron chi connectivity index (χ3n) is 4.09. The summed E-state index contributed by atoms with van der Waals surface area (Å²) < 4.78 is 23.6. The Morgan fingerprint density at radius 3 is 2.71 bits per heavy atom. The van der Waals surface area contributed by atoms with Gasteiger partial charge < -0.3 is 20.1 Å². The number of nitrogens with zero attached hydrogens (tertiary/aromatic N) is 2. The summed E-state index contributed by atoms with van der Waals surface area (Å²) in [6, 6.07) is 8.67. The monoisotopic (exact) mass is 388 g/mol. The molecule has 2 N–H and O–H groups in total. The molecule has 152 valence electrons. The van der Waals surface area contributed by atoms with Crippen molar-refractivity contribution in [1.29, 1.82) is 0 Å². The Hall–Kier alpha value is -2.67. The van der Waals surface area contributed by atoms with Gasteiger partial charge >= 0.3 is 0 Å². The number of methoxy groups -OCH3 is 1. The zero-order chi connectivity index (χ0) is 20.2. The third-order valence-corrected chi connectivity index (χ3v) is 4.09. The van der Waals surface area contributed by atoms with Crippen molar-refractivity contribution in [2.24, 2.45) is 4.99 Å². The average Bonchev–Trinajstić information content (AvgIpc) is 2.69. The fourth-order valence-corrected chi connectivity index (χ4v) is 2.59. The van der Waals surface area contributed by atoms with E-state index in [9.17, 15) is 4.39 Å². The van der Waals surface area contributed by atoms with Crippen molar-refractivity contribution in [2.45, 2.75) is 26.8 Å². The molecule has 0 saturated carbocycles. The highest BCUT2D eigenvalue weighted by Crippen LogP contribution is 2.10. The van der Waals surface area contributed by atoms with E-state index >= 15 is 0 Å². The van der Waals surface area contributed by atoms with Crippen LogP contribution in [-0.4, -0.2) is 44.4 Å². The van der Waals surface area contributed by atoms with Crippen molar-refractivity contribution in [3.63, 3.8) is 0 Å². The molecule has 0 fully saturated rings. The number of pyridine rings is 1. The first kappa shape index (κ1) is 21.6. The quantitative estimate of drug-likeness (QED) is 0.372. The third kappa shape index (κ3) is 7.52. The van der Waals surface area contributed by atoms with E-state index < -0.39 is 0 Å². The van der Waals surface area contributed by atoms with Crippen LogP contribution in [0, 0.1) is 12.7 Å². The van der Waals surface area contributed by atoms with Gasteiger partial charge in [0.05, 0.1) is 13.2 Å². The topological polar surface area (TPSA) is 67.8 Å². The van der Waals surface area contributed by atoms with E-state index in [1.807, 2.05) is 32.0 Å². The van der Waals surface area contributed by atoms with E-state index in [1.54, 1.807) is 19.4 Å². The molecule has 0 atom stereocenters. The number of nitrogens with one attached hydrogen (secondary N) is 2. The highest BCUT2D eigenvalue weighted by atomic mass is 19.1. The van der Waals surface area contributed by atoms with Crippen LogP contribution in [0.15, 0.2) is 41.5 Å². The highest BCUT2D eigenvalue weighted by Gasteiger charge is 2.03. The molecule has 0 aliphatic carbocycles. The number of guanidine groups is 1. The molecule has 7 heteroatoms. The summed E-state index contributed by atoms with van der Waals surface area (Å²) in [5.74, 6) is 1.11. The summed E-state index contributed by atoms with van der Waals surface area (Å²) in [4.78, 5) is 8.86. The SMILES string of the molecule is CCNC(=NCc1ccc(OCCOC)nc1)NCCc1ccc(F)cc1C. The molecule has 6 nitrogen and oxygen atoms in total. The van der Waals surface area contributed by atoms with Crippen molar-refractivity contribution in [2.75, 3.05) is 33.4 Å². The lowest BCUT2D eigenvalue weighted by atomic mass is 10.1. The molecule has 0 saturated heterocycles. The van der Waals surface area contributed by atoms with E-state index in [0.29, 0.717) is 32.2 Å². The van der Waals surface area contributed by atoms with Gasteiger partial charge in [-0.25, -0.2) is 14.4 Å². The number of hydrogen-bond donors (Lipinski definition) is 2. The molecule has 0 radical (unpaired) electrons. The number of aliphatic imine (C=N–C) groups is 1. The number of aromatic nitrogens is 1. The fraction of sp³-hybridized carbons (Fsp3) is 0.429. The largest absolute Gasteiger partial charge is 0.475 e. The summed E-state index contributed by atoms with van der Waals surface area (Å²) in [5.41, 5.74) is 3.08. The predicted octanol–water partition coefficient (Wildman–Crippen LogP) is 2.85. The van der Waals surface area contributed by atoms with Crippen LogP contribution in [0.4, 0.5) is 4.39 Å². The molecular formula is C21H29FN4O2. The summed E-state index contributed by atoms with van der Waals surface area (Å²) >= 11 is 0. The number of halogens is 1. The van der Waals surface area contributed by atoms with Gasteiger partial charge in [0.2, 0.25) is 5.88 Å². The lowest BCUT2D eigenvalue weighted by Crippen LogP contribution is -2.38. The van der Waals surface area contributed by atoms with Gasteiger partial charge in [-0.1, -0.05) is 12.1 Å². The van der Waals surface area contributed by atoms with Crippen LogP contribution in [-0.2, 0) is 17.7 Å². The second kappa shape index (κ2) is 11.9. The van der Waals surface area contributed by atoms with E-state index in [0.717, 1.165) is 35.6 Å². The molecule has 1 heterocycles. The number of ether oxygens (including phenoxy) is 2. The van der Waals surface area contributed by atoms with E-state index in [1.165, 1.54) is 6.07 Å². The maximum Gasteiger partial charge on any atom is 0.213 e. The molecule has 2 aromatic rings. The summed E-state index contributed by atoms with van der Waals surface area (Å²) in [6.07, 6.45) is 2.56.